The Labute approximate surface area is 131 Å². The molecule has 0 saturated heterocycles. The highest BCUT2D eigenvalue weighted by atomic mass is 16.2. The summed E-state index contributed by atoms with van der Waals surface area (Å²) in [6.07, 6.45) is 1.71. The number of pyridine rings is 1. The molecule has 0 fully saturated rings. The van der Waals surface area contributed by atoms with E-state index < -0.39 is 0 Å². The van der Waals surface area contributed by atoms with Gasteiger partial charge in [0.1, 0.15) is 0 Å². The van der Waals surface area contributed by atoms with Gasteiger partial charge in [-0.2, -0.15) is 0 Å². The average Bonchev–Trinajstić information content (AvgIpc) is 2.62. The van der Waals surface area contributed by atoms with Gasteiger partial charge in [0.25, 0.3) is 5.91 Å². The zero-order valence-electron chi connectivity index (χ0n) is 13.3. The number of likely N-dealkylation sites (N-methyl/N-ethyl adjacent to an activating group) is 1. The van der Waals surface area contributed by atoms with Gasteiger partial charge in [-0.25, -0.2) is 0 Å². The SMILES string of the molecule is Cc1ccc(CN2CCN(C)c3cc(C)ncc3C2=O)cc1. The molecule has 0 aliphatic carbocycles. The molecular formula is C18H21N3O. The summed E-state index contributed by atoms with van der Waals surface area (Å²) in [4.78, 5) is 21.2. The number of fused-ring (bicyclic) bond motifs is 1. The molecule has 1 aliphatic rings. The molecule has 1 amide bonds. The summed E-state index contributed by atoms with van der Waals surface area (Å²) in [7, 11) is 2.03. The zero-order valence-corrected chi connectivity index (χ0v) is 13.3. The maximum atomic E-state index is 12.8. The van der Waals surface area contributed by atoms with Crippen LogP contribution in [0.1, 0.15) is 27.2 Å². The first-order chi connectivity index (χ1) is 10.5. The number of benzene rings is 1. The molecule has 114 valence electrons. The first-order valence-electron chi connectivity index (χ1n) is 7.57. The molecule has 0 bridgehead atoms. The molecule has 0 N–H and O–H groups in total. The molecule has 0 atom stereocenters. The van der Waals surface area contributed by atoms with Crippen molar-refractivity contribution >= 4 is 11.6 Å². The van der Waals surface area contributed by atoms with Crippen LogP contribution in [-0.4, -0.2) is 35.9 Å². The highest BCUT2D eigenvalue weighted by molar-refractivity contribution is 6.00. The third kappa shape index (κ3) is 2.82. The van der Waals surface area contributed by atoms with Crippen LogP contribution in [0.3, 0.4) is 0 Å². The number of amides is 1. The lowest BCUT2D eigenvalue weighted by molar-refractivity contribution is 0.0754. The second-order valence-electron chi connectivity index (χ2n) is 5.98. The third-order valence-electron chi connectivity index (χ3n) is 4.15. The standard InChI is InChI=1S/C18H21N3O/c1-13-4-6-15(7-5-13)12-21-9-8-20(3)17-10-14(2)19-11-16(17)18(21)22/h4-7,10-11H,8-9,12H2,1-3H3. The lowest BCUT2D eigenvalue weighted by Crippen LogP contribution is -2.33. The molecule has 3 rings (SSSR count). The Morgan fingerprint density at radius 3 is 2.59 bits per heavy atom. The fourth-order valence-corrected chi connectivity index (χ4v) is 2.75. The minimum atomic E-state index is 0.0624. The first-order valence-corrected chi connectivity index (χ1v) is 7.57. The number of aromatic nitrogens is 1. The quantitative estimate of drug-likeness (QED) is 0.855. The zero-order chi connectivity index (χ0) is 15.7. The van der Waals surface area contributed by atoms with Crippen molar-refractivity contribution in [3.63, 3.8) is 0 Å². The van der Waals surface area contributed by atoms with Crippen LogP contribution in [0, 0.1) is 13.8 Å². The monoisotopic (exact) mass is 295 g/mol. The molecular weight excluding hydrogens is 274 g/mol. The van der Waals surface area contributed by atoms with Crippen molar-refractivity contribution in [2.75, 3.05) is 25.0 Å². The van der Waals surface area contributed by atoms with Crippen LogP contribution in [0.4, 0.5) is 5.69 Å². The number of aryl methyl sites for hydroxylation is 2. The molecule has 2 heterocycles. The van der Waals surface area contributed by atoms with E-state index in [4.69, 9.17) is 0 Å². The Bertz CT molecular complexity index is 694. The molecule has 1 aromatic carbocycles. The number of carbonyl (C=O) groups is 1. The molecule has 4 heteroatoms. The maximum absolute atomic E-state index is 12.8. The Kier molecular flexibility index (Phi) is 3.84. The van der Waals surface area contributed by atoms with E-state index in [0.717, 1.165) is 30.0 Å². The summed E-state index contributed by atoms with van der Waals surface area (Å²) < 4.78 is 0. The van der Waals surface area contributed by atoms with Crippen LogP contribution in [0.15, 0.2) is 36.5 Å². The van der Waals surface area contributed by atoms with Gasteiger partial charge < -0.3 is 9.80 Å². The fraction of sp³-hybridized carbons (Fsp3) is 0.333. The van der Waals surface area contributed by atoms with Gasteiger partial charge in [-0.1, -0.05) is 29.8 Å². The van der Waals surface area contributed by atoms with Gasteiger partial charge in [-0.15, -0.1) is 0 Å². The van der Waals surface area contributed by atoms with E-state index in [-0.39, 0.29) is 5.91 Å². The smallest absolute Gasteiger partial charge is 0.257 e. The Balaban J connectivity index is 1.89. The van der Waals surface area contributed by atoms with E-state index in [2.05, 4.69) is 41.1 Å². The normalized spacial score (nSPS) is 14.8. The molecule has 1 aromatic heterocycles. The molecule has 0 radical (unpaired) electrons. The predicted octanol–water partition coefficient (Wildman–Crippen LogP) is 2.79. The van der Waals surface area contributed by atoms with Gasteiger partial charge >= 0.3 is 0 Å². The van der Waals surface area contributed by atoms with Crippen LogP contribution < -0.4 is 4.90 Å². The summed E-state index contributed by atoms with van der Waals surface area (Å²) in [5.74, 6) is 0.0624. The van der Waals surface area contributed by atoms with E-state index in [1.807, 2.05) is 24.9 Å². The number of hydrogen-bond donors (Lipinski definition) is 0. The lowest BCUT2D eigenvalue weighted by Gasteiger charge is -2.21. The largest absolute Gasteiger partial charge is 0.372 e. The summed E-state index contributed by atoms with van der Waals surface area (Å²) in [6, 6.07) is 10.3. The van der Waals surface area contributed by atoms with E-state index in [1.54, 1.807) is 6.20 Å². The van der Waals surface area contributed by atoms with Crippen molar-refractivity contribution in [2.45, 2.75) is 20.4 Å². The second kappa shape index (κ2) is 5.79. The fourth-order valence-electron chi connectivity index (χ4n) is 2.75. The van der Waals surface area contributed by atoms with Crippen LogP contribution in [0.5, 0.6) is 0 Å². The summed E-state index contributed by atoms with van der Waals surface area (Å²) in [5, 5.41) is 0. The van der Waals surface area contributed by atoms with Crippen molar-refractivity contribution < 1.29 is 4.79 Å². The molecule has 0 spiro atoms. The predicted molar refractivity (Wildman–Crippen MR) is 88.2 cm³/mol. The molecule has 0 unspecified atom stereocenters. The lowest BCUT2D eigenvalue weighted by atomic mass is 10.1. The van der Waals surface area contributed by atoms with Crippen LogP contribution in [0.2, 0.25) is 0 Å². The van der Waals surface area contributed by atoms with Gasteiger partial charge in [0, 0.05) is 38.6 Å². The van der Waals surface area contributed by atoms with Crippen molar-refractivity contribution in [2.24, 2.45) is 0 Å². The minimum absolute atomic E-state index is 0.0624. The second-order valence-corrected chi connectivity index (χ2v) is 5.98. The molecule has 1 aliphatic heterocycles. The minimum Gasteiger partial charge on any atom is -0.372 e. The van der Waals surface area contributed by atoms with E-state index >= 15 is 0 Å². The third-order valence-corrected chi connectivity index (χ3v) is 4.15. The van der Waals surface area contributed by atoms with Crippen LogP contribution >= 0.6 is 0 Å². The summed E-state index contributed by atoms with van der Waals surface area (Å²) >= 11 is 0. The van der Waals surface area contributed by atoms with Gasteiger partial charge in [-0.3, -0.25) is 9.78 Å². The first kappa shape index (κ1) is 14.6. The van der Waals surface area contributed by atoms with Crippen molar-refractivity contribution in [3.05, 3.63) is 58.9 Å². The Morgan fingerprint density at radius 2 is 1.86 bits per heavy atom. The molecule has 22 heavy (non-hydrogen) atoms. The summed E-state index contributed by atoms with van der Waals surface area (Å²) in [6.45, 7) is 6.21. The molecule has 2 aromatic rings. The van der Waals surface area contributed by atoms with Crippen LogP contribution in [0.25, 0.3) is 0 Å². The number of nitrogens with zero attached hydrogens (tertiary/aromatic N) is 3. The molecule has 0 saturated carbocycles. The van der Waals surface area contributed by atoms with E-state index in [0.29, 0.717) is 12.1 Å². The maximum Gasteiger partial charge on any atom is 0.257 e. The number of anilines is 1. The van der Waals surface area contributed by atoms with Gasteiger partial charge in [0.15, 0.2) is 0 Å². The number of hydrogen-bond acceptors (Lipinski definition) is 3. The van der Waals surface area contributed by atoms with Crippen molar-refractivity contribution in [3.8, 4) is 0 Å². The van der Waals surface area contributed by atoms with Gasteiger partial charge in [-0.05, 0) is 25.5 Å². The molecule has 4 nitrogen and oxygen atoms in total. The van der Waals surface area contributed by atoms with Gasteiger partial charge in [0.05, 0.1) is 11.3 Å². The Hall–Kier alpha value is -2.36. The average molecular weight is 295 g/mol. The van der Waals surface area contributed by atoms with E-state index in [1.165, 1.54) is 5.56 Å². The number of rotatable bonds is 2. The van der Waals surface area contributed by atoms with Crippen LogP contribution in [-0.2, 0) is 6.54 Å². The van der Waals surface area contributed by atoms with Crippen molar-refractivity contribution in [1.29, 1.82) is 0 Å². The van der Waals surface area contributed by atoms with E-state index in [9.17, 15) is 4.79 Å². The highest BCUT2D eigenvalue weighted by Crippen LogP contribution is 2.25. The Morgan fingerprint density at radius 1 is 1.14 bits per heavy atom. The highest BCUT2D eigenvalue weighted by Gasteiger charge is 2.25. The summed E-state index contributed by atoms with van der Waals surface area (Å²) in [5.41, 5.74) is 4.99. The van der Waals surface area contributed by atoms with Crippen molar-refractivity contribution in [1.82, 2.24) is 9.88 Å². The number of carbonyl (C=O) groups excluding carboxylic acids is 1. The van der Waals surface area contributed by atoms with Gasteiger partial charge in [0.2, 0.25) is 0 Å². The topological polar surface area (TPSA) is 36.4 Å².